The maximum atomic E-state index is 13.4. The summed E-state index contributed by atoms with van der Waals surface area (Å²) in [5, 5.41) is 3.87. The van der Waals surface area contributed by atoms with Crippen LogP contribution in [0.3, 0.4) is 0 Å². The van der Waals surface area contributed by atoms with Gasteiger partial charge in [-0.05, 0) is 43.5 Å². The highest BCUT2D eigenvalue weighted by atomic mass is 19.4. The molecule has 0 saturated carbocycles. The Morgan fingerprint density at radius 1 is 1.17 bits per heavy atom. The lowest BCUT2D eigenvalue weighted by molar-refractivity contribution is -0.137. The number of alkyl halides is 3. The van der Waals surface area contributed by atoms with Crippen LogP contribution in [-0.4, -0.2) is 27.3 Å². The van der Waals surface area contributed by atoms with Crippen molar-refractivity contribution in [2.24, 2.45) is 0 Å². The van der Waals surface area contributed by atoms with E-state index in [0.717, 1.165) is 22.4 Å². The lowest BCUT2D eigenvalue weighted by Crippen LogP contribution is -2.25. The molecule has 0 aliphatic carbocycles. The molecule has 0 saturated heterocycles. The zero-order valence-corrected chi connectivity index (χ0v) is 16.0. The van der Waals surface area contributed by atoms with Crippen molar-refractivity contribution in [3.8, 4) is 5.69 Å². The first kappa shape index (κ1) is 21.2. The van der Waals surface area contributed by atoms with Gasteiger partial charge in [-0.1, -0.05) is 18.2 Å². The third kappa shape index (κ3) is 4.91. The van der Waals surface area contributed by atoms with Gasteiger partial charge in [0, 0.05) is 24.2 Å². The SMILES string of the molecule is Cc1cc(=O)c(C(=O)OCCCc2cccnc2)nn1-c1ccccc1C(F)(F)F. The minimum atomic E-state index is -4.62. The van der Waals surface area contributed by atoms with E-state index in [2.05, 4.69) is 10.1 Å². The van der Waals surface area contributed by atoms with Gasteiger partial charge >= 0.3 is 12.1 Å². The van der Waals surface area contributed by atoms with Crippen LogP contribution in [0.15, 0.2) is 59.7 Å². The molecule has 0 atom stereocenters. The molecule has 9 heteroatoms. The predicted molar refractivity (Wildman–Crippen MR) is 102 cm³/mol. The highest BCUT2D eigenvalue weighted by Crippen LogP contribution is 2.33. The smallest absolute Gasteiger partial charge is 0.418 e. The Bertz CT molecular complexity index is 1100. The monoisotopic (exact) mass is 417 g/mol. The lowest BCUT2D eigenvalue weighted by Gasteiger charge is -2.16. The number of hydrogen-bond donors (Lipinski definition) is 0. The molecular formula is C21H18F3N3O3. The Morgan fingerprint density at radius 3 is 2.63 bits per heavy atom. The van der Waals surface area contributed by atoms with Crippen molar-refractivity contribution in [3.63, 3.8) is 0 Å². The number of halogens is 3. The van der Waals surface area contributed by atoms with Gasteiger partial charge in [-0.25, -0.2) is 9.48 Å². The first-order valence-corrected chi connectivity index (χ1v) is 9.11. The summed E-state index contributed by atoms with van der Waals surface area (Å²) in [6, 6.07) is 9.53. The maximum Gasteiger partial charge on any atom is 0.418 e. The molecule has 0 radical (unpaired) electrons. The molecule has 3 aromatic rings. The van der Waals surface area contributed by atoms with Gasteiger partial charge in [0.05, 0.1) is 17.9 Å². The average molecular weight is 417 g/mol. The molecule has 0 aliphatic rings. The van der Waals surface area contributed by atoms with Gasteiger partial charge in [0.1, 0.15) is 0 Å². The van der Waals surface area contributed by atoms with Gasteiger partial charge in [0.2, 0.25) is 11.1 Å². The minimum absolute atomic E-state index is 0.0296. The summed E-state index contributed by atoms with van der Waals surface area (Å²) in [6.45, 7) is 1.46. The van der Waals surface area contributed by atoms with E-state index >= 15 is 0 Å². The summed E-state index contributed by atoms with van der Waals surface area (Å²) in [7, 11) is 0. The number of para-hydroxylation sites is 1. The van der Waals surface area contributed by atoms with Gasteiger partial charge < -0.3 is 4.74 Å². The fraction of sp³-hybridized carbons (Fsp3) is 0.238. The van der Waals surface area contributed by atoms with Crippen molar-refractivity contribution in [2.45, 2.75) is 25.9 Å². The molecule has 0 aliphatic heterocycles. The maximum absolute atomic E-state index is 13.4. The van der Waals surface area contributed by atoms with Gasteiger partial charge in [0.15, 0.2) is 0 Å². The number of hydrogen-bond acceptors (Lipinski definition) is 5. The van der Waals surface area contributed by atoms with Crippen molar-refractivity contribution >= 4 is 5.97 Å². The topological polar surface area (TPSA) is 74.1 Å². The molecule has 0 unspecified atom stereocenters. The number of pyridine rings is 1. The van der Waals surface area contributed by atoms with Crippen molar-refractivity contribution in [1.82, 2.24) is 14.8 Å². The molecule has 0 fully saturated rings. The number of rotatable bonds is 6. The Kier molecular flexibility index (Phi) is 6.29. The molecule has 30 heavy (non-hydrogen) atoms. The number of esters is 1. The molecule has 156 valence electrons. The normalized spacial score (nSPS) is 11.3. The summed E-state index contributed by atoms with van der Waals surface area (Å²) in [5.41, 5.74) is -1.38. The molecule has 2 aromatic heterocycles. The number of benzene rings is 1. The number of aromatic nitrogens is 3. The first-order valence-electron chi connectivity index (χ1n) is 9.11. The van der Waals surface area contributed by atoms with Crippen LogP contribution in [0, 0.1) is 6.92 Å². The second-order valence-electron chi connectivity index (χ2n) is 6.53. The Morgan fingerprint density at radius 2 is 1.93 bits per heavy atom. The predicted octanol–water partition coefficient (Wildman–Crippen LogP) is 3.74. The van der Waals surface area contributed by atoms with Crippen LogP contribution in [0.1, 0.15) is 33.7 Å². The quantitative estimate of drug-likeness (QED) is 0.451. The zero-order valence-electron chi connectivity index (χ0n) is 16.0. The third-order valence-corrected chi connectivity index (χ3v) is 4.30. The lowest BCUT2D eigenvalue weighted by atomic mass is 10.1. The Labute approximate surface area is 170 Å². The molecule has 2 heterocycles. The van der Waals surface area contributed by atoms with E-state index in [1.807, 2.05) is 6.07 Å². The summed E-state index contributed by atoms with van der Waals surface area (Å²) in [5.74, 6) is -0.982. The van der Waals surface area contributed by atoms with Crippen molar-refractivity contribution in [2.75, 3.05) is 6.61 Å². The average Bonchev–Trinajstić information content (AvgIpc) is 2.71. The van der Waals surface area contributed by atoms with E-state index in [0.29, 0.717) is 12.8 Å². The van der Waals surface area contributed by atoms with Gasteiger partial charge in [-0.15, -0.1) is 0 Å². The minimum Gasteiger partial charge on any atom is -0.461 e. The molecule has 0 amide bonds. The van der Waals surface area contributed by atoms with Crippen molar-refractivity contribution in [3.05, 3.63) is 87.6 Å². The number of carbonyl (C=O) groups excluding carboxylic acids is 1. The summed E-state index contributed by atoms with van der Waals surface area (Å²) >= 11 is 0. The number of aryl methyl sites for hydroxylation is 2. The van der Waals surface area contributed by atoms with Crippen LogP contribution in [0.4, 0.5) is 13.2 Å². The molecule has 0 bridgehead atoms. The molecule has 0 spiro atoms. The highest BCUT2D eigenvalue weighted by molar-refractivity contribution is 5.86. The van der Waals surface area contributed by atoms with E-state index in [1.54, 1.807) is 18.5 Å². The van der Waals surface area contributed by atoms with Crippen molar-refractivity contribution < 1.29 is 22.7 Å². The molecule has 3 rings (SSSR count). The van der Waals surface area contributed by atoms with Crippen molar-refractivity contribution in [1.29, 1.82) is 0 Å². The standard InChI is InChI=1S/C21H18F3N3O3/c1-14-12-18(28)19(20(29)30-11-5-7-15-6-4-10-25-13-15)26-27(14)17-9-3-2-8-16(17)21(22,23)24/h2-4,6,8-10,12-13H,5,7,11H2,1H3. The largest absolute Gasteiger partial charge is 0.461 e. The molecule has 0 N–H and O–H groups in total. The van der Waals surface area contributed by atoms with E-state index in [-0.39, 0.29) is 18.0 Å². The van der Waals surface area contributed by atoms with Crippen LogP contribution in [0.2, 0.25) is 0 Å². The van der Waals surface area contributed by atoms with Gasteiger partial charge in [0.25, 0.3) is 0 Å². The molecule has 1 aromatic carbocycles. The van der Waals surface area contributed by atoms with Crippen LogP contribution in [0.5, 0.6) is 0 Å². The second kappa shape index (κ2) is 8.89. The molecule has 6 nitrogen and oxygen atoms in total. The number of carbonyl (C=O) groups is 1. The van der Waals surface area contributed by atoms with Crippen LogP contribution < -0.4 is 5.43 Å². The fourth-order valence-electron chi connectivity index (χ4n) is 2.89. The third-order valence-electron chi connectivity index (χ3n) is 4.30. The van der Waals surface area contributed by atoms with E-state index in [1.165, 1.54) is 25.1 Å². The highest BCUT2D eigenvalue weighted by Gasteiger charge is 2.34. The van der Waals surface area contributed by atoms with E-state index < -0.39 is 28.8 Å². The van der Waals surface area contributed by atoms with Crippen LogP contribution in [-0.2, 0) is 17.3 Å². The zero-order chi connectivity index (χ0) is 21.7. The van der Waals surface area contributed by atoms with Gasteiger partial charge in [-0.2, -0.15) is 18.3 Å². The van der Waals surface area contributed by atoms with E-state index in [9.17, 15) is 22.8 Å². The summed E-state index contributed by atoms with van der Waals surface area (Å²) in [4.78, 5) is 28.5. The first-order chi connectivity index (χ1) is 14.3. The summed E-state index contributed by atoms with van der Waals surface area (Å²) in [6.07, 6.45) is -0.171. The molecular weight excluding hydrogens is 399 g/mol. The van der Waals surface area contributed by atoms with Gasteiger partial charge in [-0.3, -0.25) is 9.78 Å². The van der Waals surface area contributed by atoms with Crippen LogP contribution >= 0.6 is 0 Å². The Balaban J connectivity index is 1.80. The fourth-order valence-corrected chi connectivity index (χ4v) is 2.89. The second-order valence-corrected chi connectivity index (χ2v) is 6.53. The summed E-state index contributed by atoms with van der Waals surface area (Å²) < 4.78 is 46.1. The van der Waals surface area contributed by atoms with Crippen LogP contribution in [0.25, 0.3) is 5.69 Å². The number of nitrogens with zero attached hydrogens (tertiary/aromatic N) is 3. The Hall–Kier alpha value is -3.49. The van der Waals surface area contributed by atoms with E-state index in [4.69, 9.17) is 4.74 Å². The number of ether oxygens (including phenoxy) is 1.